The van der Waals surface area contributed by atoms with Gasteiger partial charge in [0.25, 0.3) is 5.91 Å². The molecular formula is C13H17FN2O. The Labute approximate surface area is 100 Å². The van der Waals surface area contributed by atoms with Crippen molar-refractivity contribution in [2.75, 3.05) is 6.54 Å². The van der Waals surface area contributed by atoms with Crippen LogP contribution < -0.4 is 10.6 Å². The number of hydrogen-bond acceptors (Lipinski definition) is 2. The molecule has 1 aliphatic rings. The van der Waals surface area contributed by atoms with Crippen LogP contribution in [-0.4, -0.2) is 24.5 Å². The fourth-order valence-corrected chi connectivity index (χ4v) is 2.02. The van der Waals surface area contributed by atoms with Crippen LogP contribution in [0.15, 0.2) is 24.3 Å². The number of rotatable bonds is 2. The van der Waals surface area contributed by atoms with Crippen LogP contribution in [0.4, 0.5) is 4.39 Å². The summed E-state index contributed by atoms with van der Waals surface area (Å²) in [6, 6.07) is 6.41. The molecule has 1 aromatic carbocycles. The lowest BCUT2D eigenvalue weighted by Crippen LogP contribution is -2.48. The van der Waals surface area contributed by atoms with Gasteiger partial charge in [0.2, 0.25) is 0 Å². The Bertz CT molecular complexity index is 400. The molecular weight excluding hydrogens is 219 g/mol. The van der Waals surface area contributed by atoms with Gasteiger partial charge in [-0.05, 0) is 38.0 Å². The van der Waals surface area contributed by atoms with Gasteiger partial charge in [-0.15, -0.1) is 0 Å². The largest absolute Gasteiger partial charge is 0.348 e. The first-order valence-corrected chi connectivity index (χ1v) is 5.95. The zero-order valence-corrected chi connectivity index (χ0v) is 9.87. The molecule has 2 unspecified atom stereocenters. The molecule has 0 aliphatic carbocycles. The Morgan fingerprint density at radius 1 is 1.47 bits per heavy atom. The number of piperidine rings is 1. The maximum atomic E-state index is 13.0. The number of nitrogens with one attached hydrogen (secondary N) is 2. The van der Waals surface area contributed by atoms with Crippen molar-refractivity contribution >= 4 is 5.91 Å². The monoisotopic (exact) mass is 236 g/mol. The fourth-order valence-electron chi connectivity index (χ4n) is 2.02. The maximum absolute atomic E-state index is 13.0. The van der Waals surface area contributed by atoms with Gasteiger partial charge in [-0.2, -0.15) is 0 Å². The highest BCUT2D eigenvalue weighted by molar-refractivity contribution is 5.94. The topological polar surface area (TPSA) is 41.1 Å². The molecule has 2 rings (SSSR count). The van der Waals surface area contributed by atoms with Gasteiger partial charge in [-0.25, -0.2) is 4.39 Å². The predicted molar refractivity (Wildman–Crippen MR) is 64.4 cm³/mol. The summed E-state index contributed by atoms with van der Waals surface area (Å²) in [6.45, 7) is 2.91. The highest BCUT2D eigenvalue weighted by atomic mass is 19.1. The molecule has 2 N–H and O–H groups in total. The minimum atomic E-state index is -0.381. The average molecular weight is 236 g/mol. The molecule has 4 heteroatoms. The summed E-state index contributed by atoms with van der Waals surface area (Å²) in [7, 11) is 0. The van der Waals surface area contributed by atoms with Crippen molar-refractivity contribution in [2.24, 2.45) is 0 Å². The molecule has 1 heterocycles. The molecule has 1 amide bonds. The first kappa shape index (κ1) is 12.0. The van der Waals surface area contributed by atoms with E-state index in [1.807, 2.05) is 0 Å². The quantitative estimate of drug-likeness (QED) is 0.820. The van der Waals surface area contributed by atoms with E-state index in [0.29, 0.717) is 11.6 Å². The molecule has 1 fully saturated rings. The van der Waals surface area contributed by atoms with Crippen LogP contribution in [0.25, 0.3) is 0 Å². The summed E-state index contributed by atoms with van der Waals surface area (Å²) in [5.74, 6) is -0.584. The van der Waals surface area contributed by atoms with Crippen molar-refractivity contribution in [3.63, 3.8) is 0 Å². The lowest BCUT2D eigenvalue weighted by atomic mass is 10.0. The number of hydrogen-bond donors (Lipinski definition) is 2. The van der Waals surface area contributed by atoms with Crippen LogP contribution in [0.1, 0.15) is 30.1 Å². The normalized spacial score (nSPS) is 24.4. The minimum absolute atomic E-state index is 0.141. The molecule has 3 nitrogen and oxygen atoms in total. The van der Waals surface area contributed by atoms with E-state index >= 15 is 0 Å². The summed E-state index contributed by atoms with van der Waals surface area (Å²) in [5, 5.41) is 6.23. The smallest absolute Gasteiger partial charge is 0.251 e. The van der Waals surface area contributed by atoms with Crippen molar-refractivity contribution < 1.29 is 9.18 Å². The van der Waals surface area contributed by atoms with Crippen molar-refractivity contribution in [3.05, 3.63) is 35.6 Å². The number of carbonyl (C=O) groups excluding carboxylic acids is 1. The van der Waals surface area contributed by atoms with Gasteiger partial charge in [0.05, 0.1) is 0 Å². The molecule has 0 spiro atoms. The van der Waals surface area contributed by atoms with Crippen molar-refractivity contribution in [3.8, 4) is 0 Å². The number of carbonyl (C=O) groups is 1. The van der Waals surface area contributed by atoms with Gasteiger partial charge >= 0.3 is 0 Å². The zero-order valence-electron chi connectivity index (χ0n) is 9.87. The molecule has 92 valence electrons. The third-order valence-corrected chi connectivity index (χ3v) is 3.08. The molecule has 1 aromatic rings. The van der Waals surface area contributed by atoms with E-state index in [0.717, 1.165) is 19.4 Å². The first-order chi connectivity index (χ1) is 8.15. The lowest BCUT2D eigenvalue weighted by molar-refractivity contribution is 0.0927. The Morgan fingerprint density at radius 3 is 2.94 bits per heavy atom. The standard InChI is InChI=1S/C13H17FN2O/c1-9-5-6-12(8-15-9)16-13(17)10-3-2-4-11(14)7-10/h2-4,7,9,12,15H,5-6,8H2,1H3,(H,16,17). The van der Waals surface area contributed by atoms with E-state index in [9.17, 15) is 9.18 Å². The Balaban J connectivity index is 1.93. The Morgan fingerprint density at radius 2 is 2.29 bits per heavy atom. The van der Waals surface area contributed by atoms with E-state index < -0.39 is 0 Å². The molecule has 0 radical (unpaired) electrons. The minimum Gasteiger partial charge on any atom is -0.348 e. The van der Waals surface area contributed by atoms with E-state index in [-0.39, 0.29) is 17.8 Å². The maximum Gasteiger partial charge on any atom is 0.251 e. The molecule has 2 atom stereocenters. The van der Waals surface area contributed by atoms with E-state index in [4.69, 9.17) is 0 Å². The SMILES string of the molecule is CC1CCC(NC(=O)c2cccc(F)c2)CN1. The summed E-state index contributed by atoms with van der Waals surface area (Å²) >= 11 is 0. The van der Waals surface area contributed by atoms with Gasteiger partial charge in [0.1, 0.15) is 5.82 Å². The summed E-state index contributed by atoms with van der Waals surface area (Å²) in [6.07, 6.45) is 2.02. The molecule has 1 aliphatic heterocycles. The van der Waals surface area contributed by atoms with Crippen LogP contribution >= 0.6 is 0 Å². The van der Waals surface area contributed by atoms with Crippen molar-refractivity contribution in [2.45, 2.75) is 31.8 Å². The lowest BCUT2D eigenvalue weighted by Gasteiger charge is -2.28. The van der Waals surface area contributed by atoms with Gasteiger partial charge in [0, 0.05) is 24.2 Å². The third-order valence-electron chi connectivity index (χ3n) is 3.08. The van der Waals surface area contributed by atoms with Crippen LogP contribution in [0.5, 0.6) is 0 Å². The highest BCUT2D eigenvalue weighted by Crippen LogP contribution is 2.09. The summed E-state index contributed by atoms with van der Waals surface area (Å²) < 4.78 is 13.0. The van der Waals surface area contributed by atoms with E-state index in [1.165, 1.54) is 12.1 Å². The number of benzene rings is 1. The first-order valence-electron chi connectivity index (χ1n) is 5.95. The van der Waals surface area contributed by atoms with Gasteiger partial charge < -0.3 is 10.6 Å². The Hall–Kier alpha value is -1.42. The van der Waals surface area contributed by atoms with E-state index in [1.54, 1.807) is 12.1 Å². The number of halogens is 1. The second-order valence-electron chi connectivity index (χ2n) is 4.57. The van der Waals surface area contributed by atoms with Crippen LogP contribution in [-0.2, 0) is 0 Å². The molecule has 0 saturated carbocycles. The third kappa shape index (κ3) is 3.27. The molecule has 1 saturated heterocycles. The number of amides is 1. The van der Waals surface area contributed by atoms with Crippen LogP contribution in [0.2, 0.25) is 0 Å². The average Bonchev–Trinajstić information content (AvgIpc) is 2.32. The second-order valence-corrected chi connectivity index (χ2v) is 4.57. The highest BCUT2D eigenvalue weighted by Gasteiger charge is 2.19. The molecule has 0 aromatic heterocycles. The van der Waals surface area contributed by atoms with Crippen LogP contribution in [0.3, 0.4) is 0 Å². The van der Waals surface area contributed by atoms with Gasteiger partial charge in [0.15, 0.2) is 0 Å². The van der Waals surface area contributed by atoms with Crippen molar-refractivity contribution in [1.29, 1.82) is 0 Å². The van der Waals surface area contributed by atoms with Gasteiger partial charge in [-0.1, -0.05) is 6.07 Å². The summed E-state index contributed by atoms with van der Waals surface area (Å²) in [4.78, 5) is 11.8. The zero-order chi connectivity index (χ0) is 12.3. The molecule has 17 heavy (non-hydrogen) atoms. The molecule has 0 bridgehead atoms. The van der Waals surface area contributed by atoms with Crippen molar-refractivity contribution in [1.82, 2.24) is 10.6 Å². The van der Waals surface area contributed by atoms with Gasteiger partial charge in [-0.3, -0.25) is 4.79 Å². The van der Waals surface area contributed by atoms with E-state index in [2.05, 4.69) is 17.6 Å². The second kappa shape index (κ2) is 5.27. The Kier molecular flexibility index (Phi) is 3.74. The van der Waals surface area contributed by atoms with Crippen LogP contribution in [0, 0.1) is 5.82 Å². The predicted octanol–water partition coefficient (Wildman–Crippen LogP) is 1.70. The summed E-state index contributed by atoms with van der Waals surface area (Å²) in [5.41, 5.74) is 0.378. The fraction of sp³-hybridized carbons (Fsp3) is 0.462.